The van der Waals surface area contributed by atoms with E-state index in [1.807, 2.05) is 62.4 Å². The van der Waals surface area contributed by atoms with Crippen LogP contribution in [0.1, 0.15) is 30.0 Å². The Labute approximate surface area is 141 Å². The molecule has 24 heavy (non-hydrogen) atoms. The second kappa shape index (κ2) is 8.62. The number of hydrogen-bond acceptors (Lipinski definition) is 3. The molecule has 0 aliphatic carbocycles. The molecule has 2 N–H and O–H groups in total. The lowest BCUT2D eigenvalue weighted by Crippen LogP contribution is -2.25. The highest BCUT2D eigenvalue weighted by Gasteiger charge is 2.10. The first-order valence-corrected chi connectivity index (χ1v) is 7.85. The number of carbonyl (C=O) groups excluding carboxylic acids is 2. The Morgan fingerprint density at radius 3 is 2.46 bits per heavy atom. The highest BCUT2D eigenvalue weighted by molar-refractivity contribution is 6.04. The molecule has 0 heterocycles. The number of amides is 2. The summed E-state index contributed by atoms with van der Waals surface area (Å²) in [5.41, 5.74) is 6.16. The van der Waals surface area contributed by atoms with Crippen LogP contribution in [0, 0.1) is 6.92 Å². The van der Waals surface area contributed by atoms with Crippen molar-refractivity contribution in [2.75, 3.05) is 5.32 Å². The molecule has 2 aromatic rings. The van der Waals surface area contributed by atoms with Crippen molar-refractivity contribution < 1.29 is 9.59 Å². The van der Waals surface area contributed by atoms with Crippen LogP contribution in [0.2, 0.25) is 0 Å². The predicted octanol–water partition coefficient (Wildman–Crippen LogP) is 3.04. The van der Waals surface area contributed by atoms with E-state index in [0.717, 1.165) is 28.8 Å². The largest absolute Gasteiger partial charge is 0.325 e. The molecule has 124 valence electrons. The first-order chi connectivity index (χ1) is 11.6. The molecule has 0 aliphatic heterocycles. The van der Waals surface area contributed by atoms with Gasteiger partial charge < -0.3 is 5.32 Å². The van der Waals surface area contributed by atoms with Gasteiger partial charge >= 0.3 is 0 Å². The van der Waals surface area contributed by atoms with Gasteiger partial charge in [0.1, 0.15) is 6.42 Å². The van der Waals surface area contributed by atoms with Crippen LogP contribution >= 0.6 is 0 Å². The van der Waals surface area contributed by atoms with E-state index in [2.05, 4.69) is 15.8 Å². The number of nitrogens with one attached hydrogen (secondary N) is 2. The van der Waals surface area contributed by atoms with Gasteiger partial charge in [0.2, 0.25) is 11.8 Å². The monoisotopic (exact) mass is 323 g/mol. The number of benzene rings is 2. The van der Waals surface area contributed by atoms with Gasteiger partial charge in [-0.1, -0.05) is 55.0 Å². The van der Waals surface area contributed by atoms with Gasteiger partial charge in [-0.2, -0.15) is 5.10 Å². The van der Waals surface area contributed by atoms with Gasteiger partial charge in [0.05, 0.1) is 6.21 Å². The van der Waals surface area contributed by atoms with E-state index in [9.17, 15) is 9.59 Å². The number of carbonyl (C=O) groups is 2. The lowest BCUT2D eigenvalue weighted by atomic mass is 10.1. The Bertz CT molecular complexity index is 737. The molecule has 5 nitrogen and oxygen atoms in total. The highest BCUT2D eigenvalue weighted by Crippen LogP contribution is 2.15. The minimum atomic E-state index is -0.454. The molecule has 0 saturated carbocycles. The number of hydrazone groups is 1. The van der Waals surface area contributed by atoms with E-state index < -0.39 is 5.91 Å². The van der Waals surface area contributed by atoms with Crippen LogP contribution in [0.5, 0.6) is 0 Å². The standard InChI is InChI=1S/C19H21N3O2/c1-3-16-6-4-5-7-17(16)21-18(23)12-19(24)22-20-13-15-10-8-14(2)9-11-15/h4-11,13H,3,12H2,1-2H3,(H,21,23)(H,22,24). The van der Waals surface area contributed by atoms with Crippen LogP contribution in [-0.4, -0.2) is 18.0 Å². The SMILES string of the molecule is CCc1ccccc1NC(=O)CC(=O)NN=Cc1ccc(C)cc1. The summed E-state index contributed by atoms with van der Waals surface area (Å²) in [5, 5.41) is 6.62. The molecule has 2 amide bonds. The van der Waals surface area contributed by atoms with Crippen molar-refractivity contribution in [1.29, 1.82) is 0 Å². The molecular formula is C19H21N3O2. The fourth-order valence-electron chi connectivity index (χ4n) is 2.16. The molecule has 0 saturated heterocycles. The maximum Gasteiger partial charge on any atom is 0.249 e. The number of para-hydroxylation sites is 1. The van der Waals surface area contributed by atoms with Gasteiger partial charge in [-0.25, -0.2) is 5.43 Å². The fraction of sp³-hybridized carbons (Fsp3) is 0.211. The van der Waals surface area contributed by atoms with Crippen molar-refractivity contribution in [2.24, 2.45) is 5.10 Å². The predicted molar refractivity (Wildman–Crippen MR) is 96.0 cm³/mol. The molecule has 0 unspecified atom stereocenters. The summed E-state index contributed by atoms with van der Waals surface area (Å²) in [7, 11) is 0. The summed E-state index contributed by atoms with van der Waals surface area (Å²) < 4.78 is 0. The third-order valence-corrected chi connectivity index (χ3v) is 3.47. The second-order valence-electron chi connectivity index (χ2n) is 5.44. The highest BCUT2D eigenvalue weighted by atomic mass is 16.2. The number of rotatable bonds is 6. The van der Waals surface area contributed by atoms with Crippen molar-refractivity contribution >= 4 is 23.7 Å². The maximum absolute atomic E-state index is 11.9. The van der Waals surface area contributed by atoms with Gasteiger partial charge in [-0.15, -0.1) is 0 Å². The first-order valence-electron chi connectivity index (χ1n) is 7.85. The van der Waals surface area contributed by atoms with Crippen LogP contribution in [0.15, 0.2) is 53.6 Å². The van der Waals surface area contributed by atoms with Crippen molar-refractivity contribution in [3.63, 3.8) is 0 Å². The first kappa shape index (κ1) is 17.4. The van der Waals surface area contributed by atoms with Crippen LogP contribution < -0.4 is 10.7 Å². The number of anilines is 1. The van der Waals surface area contributed by atoms with Gasteiger partial charge in [-0.3, -0.25) is 9.59 Å². The van der Waals surface area contributed by atoms with E-state index in [1.54, 1.807) is 6.21 Å². The minimum Gasteiger partial charge on any atom is -0.325 e. The average molecular weight is 323 g/mol. The summed E-state index contributed by atoms with van der Waals surface area (Å²) >= 11 is 0. The molecule has 2 aromatic carbocycles. The third-order valence-electron chi connectivity index (χ3n) is 3.47. The molecule has 0 atom stereocenters. The molecule has 0 fully saturated rings. The topological polar surface area (TPSA) is 70.6 Å². The van der Waals surface area contributed by atoms with E-state index in [0.29, 0.717) is 0 Å². The molecule has 5 heteroatoms. The zero-order valence-electron chi connectivity index (χ0n) is 13.9. The quantitative estimate of drug-likeness (QED) is 0.487. The van der Waals surface area contributed by atoms with Gasteiger partial charge in [0, 0.05) is 5.69 Å². The Morgan fingerprint density at radius 2 is 1.75 bits per heavy atom. The van der Waals surface area contributed by atoms with Crippen molar-refractivity contribution in [3.05, 3.63) is 65.2 Å². The zero-order chi connectivity index (χ0) is 17.4. The van der Waals surface area contributed by atoms with Gasteiger partial charge in [0.25, 0.3) is 0 Å². The molecule has 0 spiro atoms. The van der Waals surface area contributed by atoms with Crippen molar-refractivity contribution in [3.8, 4) is 0 Å². The van der Waals surface area contributed by atoms with E-state index in [-0.39, 0.29) is 12.3 Å². The molecule has 0 bridgehead atoms. The average Bonchev–Trinajstić information content (AvgIpc) is 2.57. The molecular weight excluding hydrogens is 302 g/mol. The molecule has 0 aromatic heterocycles. The molecule has 0 aliphatic rings. The smallest absolute Gasteiger partial charge is 0.249 e. The number of aryl methyl sites for hydroxylation is 2. The lowest BCUT2D eigenvalue weighted by Gasteiger charge is -2.09. The van der Waals surface area contributed by atoms with E-state index >= 15 is 0 Å². The molecule has 2 rings (SSSR count). The van der Waals surface area contributed by atoms with E-state index in [4.69, 9.17) is 0 Å². The Kier molecular flexibility index (Phi) is 6.25. The summed E-state index contributed by atoms with van der Waals surface area (Å²) in [6, 6.07) is 15.3. The zero-order valence-corrected chi connectivity index (χ0v) is 13.9. The number of nitrogens with zero attached hydrogens (tertiary/aromatic N) is 1. The van der Waals surface area contributed by atoms with Crippen LogP contribution in [0.3, 0.4) is 0 Å². The number of hydrogen-bond donors (Lipinski definition) is 2. The lowest BCUT2D eigenvalue weighted by molar-refractivity contribution is -0.126. The summed E-state index contributed by atoms with van der Waals surface area (Å²) in [5.74, 6) is -0.816. The van der Waals surface area contributed by atoms with Gasteiger partial charge in [0.15, 0.2) is 0 Å². The van der Waals surface area contributed by atoms with Crippen molar-refractivity contribution in [1.82, 2.24) is 5.43 Å². The third kappa shape index (κ3) is 5.35. The maximum atomic E-state index is 11.9. The fourth-order valence-corrected chi connectivity index (χ4v) is 2.16. The van der Waals surface area contributed by atoms with E-state index in [1.165, 1.54) is 0 Å². The van der Waals surface area contributed by atoms with Crippen LogP contribution in [0.4, 0.5) is 5.69 Å². The Morgan fingerprint density at radius 1 is 1.04 bits per heavy atom. The second-order valence-corrected chi connectivity index (χ2v) is 5.44. The summed E-state index contributed by atoms with van der Waals surface area (Å²) in [6.07, 6.45) is 2.08. The van der Waals surface area contributed by atoms with Crippen LogP contribution in [0.25, 0.3) is 0 Å². The normalized spacial score (nSPS) is 10.6. The minimum absolute atomic E-state index is 0.275. The van der Waals surface area contributed by atoms with Gasteiger partial charge in [-0.05, 0) is 30.5 Å². The summed E-state index contributed by atoms with van der Waals surface area (Å²) in [6.45, 7) is 4.01. The molecule has 0 radical (unpaired) electrons. The summed E-state index contributed by atoms with van der Waals surface area (Å²) in [4.78, 5) is 23.7. The Balaban J connectivity index is 1.83. The van der Waals surface area contributed by atoms with Crippen molar-refractivity contribution in [2.45, 2.75) is 26.7 Å². The van der Waals surface area contributed by atoms with Crippen LogP contribution in [-0.2, 0) is 16.0 Å². The Hall–Kier alpha value is -2.95.